The summed E-state index contributed by atoms with van der Waals surface area (Å²) in [4.78, 5) is 6.82. The molecular formula is C18H19ClN4O. The average Bonchev–Trinajstić information content (AvgIpc) is 3.00. The van der Waals surface area contributed by atoms with E-state index in [2.05, 4.69) is 27.1 Å². The molecule has 24 heavy (non-hydrogen) atoms. The second-order valence-corrected chi connectivity index (χ2v) is 6.53. The Morgan fingerprint density at radius 1 is 1.33 bits per heavy atom. The second kappa shape index (κ2) is 6.42. The molecule has 3 aromatic rings. The van der Waals surface area contributed by atoms with Gasteiger partial charge >= 0.3 is 0 Å². The van der Waals surface area contributed by atoms with Gasteiger partial charge in [-0.3, -0.25) is 4.68 Å². The summed E-state index contributed by atoms with van der Waals surface area (Å²) in [7, 11) is 0. The highest BCUT2D eigenvalue weighted by atomic mass is 35.5. The van der Waals surface area contributed by atoms with Crippen LogP contribution in [0.5, 0.6) is 0 Å². The summed E-state index contributed by atoms with van der Waals surface area (Å²) in [6, 6.07) is 10.2. The van der Waals surface area contributed by atoms with Gasteiger partial charge in [-0.25, -0.2) is 4.98 Å². The quantitative estimate of drug-likeness (QED) is 0.685. The van der Waals surface area contributed by atoms with Crippen molar-refractivity contribution in [2.75, 3.05) is 24.6 Å². The predicted octanol–water partition coefficient (Wildman–Crippen LogP) is 3.30. The molecule has 0 spiro atoms. The molecule has 1 saturated heterocycles. The first kappa shape index (κ1) is 15.4. The third-order valence-electron chi connectivity index (χ3n) is 4.30. The van der Waals surface area contributed by atoms with E-state index in [9.17, 15) is 0 Å². The average molecular weight is 343 g/mol. The van der Waals surface area contributed by atoms with Crippen LogP contribution in [0.25, 0.3) is 10.8 Å². The van der Waals surface area contributed by atoms with Crippen LogP contribution in [0.1, 0.15) is 5.56 Å². The molecule has 5 nitrogen and oxygen atoms in total. The fourth-order valence-electron chi connectivity index (χ4n) is 3.12. The number of hydrogen-bond donors (Lipinski definition) is 0. The largest absolute Gasteiger partial charge is 0.373 e. The molecule has 0 amide bonds. The summed E-state index contributed by atoms with van der Waals surface area (Å²) in [6.45, 7) is 5.05. The van der Waals surface area contributed by atoms with E-state index < -0.39 is 0 Å². The summed E-state index contributed by atoms with van der Waals surface area (Å²) in [6.07, 6.45) is 3.99. The molecular weight excluding hydrogens is 324 g/mol. The van der Waals surface area contributed by atoms with Crippen LogP contribution < -0.4 is 4.90 Å². The van der Waals surface area contributed by atoms with Gasteiger partial charge in [-0.1, -0.05) is 35.9 Å². The summed E-state index contributed by atoms with van der Waals surface area (Å²) < 4.78 is 7.83. The Balaban J connectivity index is 1.55. The van der Waals surface area contributed by atoms with Gasteiger partial charge in [-0.15, -0.1) is 0 Å². The molecule has 0 aliphatic carbocycles. The van der Waals surface area contributed by atoms with Crippen LogP contribution in [0.2, 0.25) is 5.15 Å². The van der Waals surface area contributed by atoms with Crippen molar-refractivity contribution in [2.24, 2.45) is 0 Å². The van der Waals surface area contributed by atoms with Crippen LogP contribution in [-0.4, -0.2) is 40.6 Å². The maximum Gasteiger partial charge on any atom is 0.139 e. The van der Waals surface area contributed by atoms with Crippen molar-refractivity contribution >= 4 is 28.2 Å². The van der Waals surface area contributed by atoms with Crippen LogP contribution >= 0.6 is 11.6 Å². The van der Waals surface area contributed by atoms with Crippen molar-refractivity contribution < 1.29 is 4.74 Å². The van der Waals surface area contributed by atoms with Gasteiger partial charge in [0, 0.05) is 24.7 Å². The topological polar surface area (TPSA) is 43.2 Å². The number of fused-ring (bicyclic) bond motifs is 1. The van der Waals surface area contributed by atoms with Crippen molar-refractivity contribution in [2.45, 2.75) is 19.6 Å². The molecule has 0 bridgehead atoms. The number of halogens is 1. The Hall–Kier alpha value is -2.11. The van der Waals surface area contributed by atoms with Gasteiger partial charge in [0.25, 0.3) is 0 Å². The maximum absolute atomic E-state index is 6.37. The Labute approximate surface area is 145 Å². The van der Waals surface area contributed by atoms with E-state index in [0.717, 1.165) is 41.8 Å². The Morgan fingerprint density at radius 3 is 3.04 bits per heavy atom. The highest BCUT2D eigenvalue weighted by molar-refractivity contribution is 6.34. The number of nitrogens with zero attached hydrogens (tertiary/aromatic N) is 4. The maximum atomic E-state index is 6.37. The lowest BCUT2D eigenvalue weighted by atomic mass is 10.1. The Kier molecular flexibility index (Phi) is 4.12. The number of aryl methyl sites for hydroxylation is 1. The van der Waals surface area contributed by atoms with Gasteiger partial charge in [0.1, 0.15) is 11.0 Å². The smallest absolute Gasteiger partial charge is 0.139 e. The molecule has 0 saturated carbocycles. The van der Waals surface area contributed by atoms with Gasteiger partial charge in [0.2, 0.25) is 0 Å². The van der Waals surface area contributed by atoms with E-state index in [1.807, 2.05) is 42.2 Å². The SMILES string of the molecule is Cc1cnn(CC2CN(c3cc4ccccc4c(Cl)n3)CCO2)c1. The monoisotopic (exact) mass is 342 g/mol. The predicted molar refractivity (Wildman–Crippen MR) is 95.7 cm³/mol. The van der Waals surface area contributed by atoms with E-state index >= 15 is 0 Å². The minimum Gasteiger partial charge on any atom is -0.373 e. The zero-order valence-corrected chi connectivity index (χ0v) is 14.3. The summed E-state index contributed by atoms with van der Waals surface area (Å²) in [5.41, 5.74) is 1.16. The molecule has 0 radical (unpaired) electrons. The first-order valence-electron chi connectivity index (χ1n) is 8.10. The molecule has 0 N–H and O–H groups in total. The Bertz CT molecular complexity index is 863. The number of aromatic nitrogens is 3. The third-order valence-corrected chi connectivity index (χ3v) is 4.58. The molecule has 4 rings (SSSR count). The lowest BCUT2D eigenvalue weighted by molar-refractivity contribution is 0.0272. The van der Waals surface area contributed by atoms with Gasteiger partial charge < -0.3 is 9.64 Å². The normalized spacial score (nSPS) is 18.2. The zero-order valence-electron chi connectivity index (χ0n) is 13.5. The minimum atomic E-state index is 0.0881. The Morgan fingerprint density at radius 2 is 2.21 bits per heavy atom. The second-order valence-electron chi connectivity index (χ2n) is 6.17. The van der Waals surface area contributed by atoms with Crippen molar-refractivity contribution in [3.63, 3.8) is 0 Å². The number of hydrogen-bond acceptors (Lipinski definition) is 4. The molecule has 1 fully saturated rings. The standard InChI is InChI=1S/C18H19ClN4O/c1-13-9-20-23(10-13)12-15-11-22(6-7-24-15)17-8-14-4-2-3-5-16(14)18(19)21-17/h2-5,8-10,15H,6-7,11-12H2,1H3. The summed E-state index contributed by atoms with van der Waals surface area (Å²) in [5, 5.41) is 6.99. The molecule has 1 aromatic carbocycles. The lowest BCUT2D eigenvalue weighted by Gasteiger charge is -2.34. The van der Waals surface area contributed by atoms with Crippen molar-refractivity contribution in [1.29, 1.82) is 0 Å². The van der Waals surface area contributed by atoms with Crippen LogP contribution in [0, 0.1) is 6.92 Å². The molecule has 1 atom stereocenters. The number of rotatable bonds is 3. The van der Waals surface area contributed by atoms with E-state index in [1.165, 1.54) is 0 Å². The van der Waals surface area contributed by atoms with Crippen molar-refractivity contribution in [3.8, 4) is 0 Å². The first-order chi connectivity index (χ1) is 11.7. The number of morpholine rings is 1. The number of pyridine rings is 1. The fraction of sp³-hybridized carbons (Fsp3) is 0.333. The highest BCUT2D eigenvalue weighted by Gasteiger charge is 2.23. The van der Waals surface area contributed by atoms with Crippen LogP contribution in [0.4, 0.5) is 5.82 Å². The highest BCUT2D eigenvalue weighted by Crippen LogP contribution is 2.27. The summed E-state index contributed by atoms with van der Waals surface area (Å²) in [5.74, 6) is 0.906. The van der Waals surface area contributed by atoms with Gasteiger partial charge in [-0.2, -0.15) is 5.10 Å². The molecule has 1 unspecified atom stereocenters. The molecule has 6 heteroatoms. The zero-order chi connectivity index (χ0) is 16.5. The van der Waals surface area contributed by atoms with E-state index in [4.69, 9.17) is 16.3 Å². The van der Waals surface area contributed by atoms with Crippen molar-refractivity contribution in [3.05, 3.63) is 53.4 Å². The van der Waals surface area contributed by atoms with Crippen molar-refractivity contribution in [1.82, 2.24) is 14.8 Å². The van der Waals surface area contributed by atoms with Crippen LogP contribution in [0.15, 0.2) is 42.7 Å². The third kappa shape index (κ3) is 3.09. The minimum absolute atomic E-state index is 0.0881. The van der Waals surface area contributed by atoms with Gasteiger partial charge in [-0.05, 0) is 23.9 Å². The molecule has 1 aliphatic rings. The number of anilines is 1. The van der Waals surface area contributed by atoms with E-state index in [-0.39, 0.29) is 6.10 Å². The number of benzene rings is 1. The molecule has 2 aromatic heterocycles. The van der Waals surface area contributed by atoms with E-state index in [1.54, 1.807) is 0 Å². The number of ether oxygens (including phenoxy) is 1. The van der Waals surface area contributed by atoms with Crippen LogP contribution in [-0.2, 0) is 11.3 Å². The van der Waals surface area contributed by atoms with Gasteiger partial charge in [0.05, 0.1) is 25.5 Å². The fourth-order valence-corrected chi connectivity index (χ4v) is 3.38. The van der Waals surface area contributed by atoms with Gasteiger partial charge in [0.15, 0.2) is 0 Å². The molecule has 124 valence electrons. The molecule has 1 aliphatic heterocycles. The molecule has 3 heterocycles. The first-order valence-corrected chi connectivity index (χ1v) is 8.48. The van der Waals surface area contributed by atoms with Crippen LogP contribution in [0.3, 0.4) is 0 Å². The van der Waals surface area contributed by atoms with E-state index in [0.29, 0.717) is 11.8 Å². The summed E-state index contributed by atoms with van der Waals surface area (Å²) >= 11 is 6.37. The lowest BCUT2D eigenvalue weighted by Crippen LogP contribution is -2.44.